The van der Waals surface area contributed by atoms with Crippen molar-refractivity contribution in [1.82, 2.24) is 4.98 Å². The van der Waals surface area contributed by atoms with E-state index in [-0.39, 0.29) is 5.60 Å². The Kier molecular flexibility index (Phi) is 3.99. The summed E-state index contributed by atoms with van der Waals surface area (Å²) in [6, 6.07) is 3.97. The Morgan fingerprint density at radius 1 is 1.26 bits per heavy atom. The number of nitrogens with zero attached hydrogens (tertiary/aromatic N) is 1. The van der Waals surface area contributed by atoms with Crippen LogP contribution in [0.4, 0.5) is 5.82 Å². The molecule has 1 aromatic heterocycles. The summed E-state index contributed by atoms with van der Waals surface area (Å²) in [7, 11) is 0. The zero-order valence-corrected chi connectivity index (χ0v) is 12.1. The first-order chi connectivity index (χ1) is 9.26. The Morgan fingerprint density at radius 3 is 2.84 bits per heavy atom. The highest BCUT2D eigenvalue weighted by Gasteiger charge is 2.38. The zero-order valence-electron chi connectivity index (χ0n) is 11.3. The third-order valence-electron chi connectivity index (χ3n) is 4.27. The van der Waals surface area contributed by atoms with Crippen LogP contribution in [0.15, 0.2) is 23.2 Å². The van der Waals surface area contributed by atoms with Crippen LogP contribution in [0.3, 0.4) is 0 Å². The highest BCUT2D eigenvalue weighted by molar-refractivity contribution is 8.00. The molecule has 4 heteroatoms. The molecular weight excluding hydrogens is 256 g/mol. The first kappa shape index (κ1) is 13.3. The molecule has 1 saturated carbocycles. The van der Waals surface area contributed by atoms with E-state index in [1.54, 1.807) is 0 Å². The maximum Gasteiger partial charge on any atom is 0.123 e. The van der Waals surface area contributed by atoms with Crippen molar-refractivity contribution >= 4 is 17.6 Å². The lowest BCUT2D eigenvalue weighted by molar-refractivity contribution is -0.0970. The van der Waals surface area contributed by atoms with Crippen LogP contribution < -0.4 is 5.73 Å². The van der Waals surface area contributed by atoms with Crippen LogP contribution in [-0.4, -0.2) is 22.4 Å². The van der Waals surface area contributed by atoms with E-state index in [2.05, 4.69) is 11.1 Å². The van der Waals surface area contributed by atoms with Crippen molar-refractivity contribution in [3.8, 4) is 0 Å². The lowest BCUT2D eigenvalue weighted by atomic mass is 9.80. The summed E-state index contributed by atoms with van der Waals surface area (Å²) in [5, 5.41) is 0.664. The molecule has 1 saturated heterocycles. The molecule has 1 atom stereocenters. The van der Waals surface area contributed by atoms with Gasteiger partial charge in [-0.1, -0.05) is 19.3 Å². The Balaban J connectivity index is 1.63. The van der Waals surface area contributed by atoms with Gasteiger partial charge in [-0.05, 0) is 37.8 Å². The van der Waals surface area contributed by atoms with Gasteiger partial charge < -0.3 is 10.5 Å². The molecule has 1 aliphatic heterocycles. The molecule has 2 fully saturated rings. The highest BCUT2D eigenvalue weighted by atomic mass is 32.2. The number of hydrogen-bond donors (Lipinski definition) is 1. The lowest BCUT2D eigenvalue weighted by Crippen LogP contribution is -2.42. The topological polar surface area (TPSA) is 48.1 Å². The van der Waals surface area contributed by atoms with Gasteiger partial charge in [-0.25, -0.2) is 4.98 Å². The maximum absolute atomic E-state index is 6.14. The lowest BCUT2D eigenvalue weighted by Gasteiger charge is -2.43. The van der Waals surface area contributed by atoms with E-state index in [1.165, 1.54) is 43.4 Å². The van der Waals surface area contributed by atoms with E-state index in [9.17, 15) is 0 Å². The van der Waals surface area contributed by atoms with Crippen molar-refractivity contribution in [3.05, 3.63) is 18.3 Å². The third-order valence-corrected chi connectivity index (χ3v) is 5.52. The summed E-state index contributed by atoms with van der Waals surface area (Å²) in [6.07, 6.45) is 10.8. The number of pyridine rings is 1. The molecule has 0 amide bonds. The van der Waals surface area contributed by atoms with Crippen LogP contribution in [0.25, 0.3) is 0 Å². The molecule has 0 aromatic carbocycles. The van der Waals surface area contributed by atoms with Gasteiger partial charge in [-0.2, -0.15) is 0 Å². The molecule has 2 aliphatic rings. The fourth-order valence-corrected chi connectivity index (χ4v) is 4.53. The van der Waals surface area contributed by atoms with E-state index in [1.807, 2.05) is 24.0 Å². The Labute approximate surface area is 119 Å². The molecule has 0 bridgehead atoms. The fraction of sp³-hybridized carbons (Fsp3) is 0.667. The standard InChI is InChI=1S/C15H22N2OS/c16-14-5-4-13(11-17-14)19-12-6-9-18-15(10-12)7-2-1-3-8-15/h4-5,11-12H,1-3,6-10H2,(H2,16,17). The van der Waals surface area contributed by atoms with Gasteiger partial charge in [0.15, 0.2) is 0 Å². The summed E-state index contributed by atoms with van der Waals surface area (Å²) in [6.45, 7) is 0.917. The van der Waals surface area contributed by atoms with Gasteiger partial charge in [-0.3, -0.25) is 0 Å². The van der Waals surface area contributed by atoms with Crippen LogP contribution in [0.1, 0.15) is 44.9 Å². The highest BCUT2D eigenvalue weighted by Crippen LogP contribution is 2.43. The molecule has 3 rings (SSSR count). The number of nitrogens with two attached hydrogens (primary N) is 1. The number of nitrogen functional groups attached to an aromatic ring is 1. The van der Waals surface area contributed by atoms with Crippen molar-refractivity contribution in [3.63, 3.8) is 0 Å². The van der Waals surface area contributed by atoms with Gasteiger partial charge in [0.05, 0.1) is 5.60 Å². The average Bonchev–Trinajstić information content (AvgIpc) is 2.42. The van der Waals surface area contributed by atoms with E-state index in [0.29, 0.717) is 11.1 Å². The quantitative estimate of drug-likeness (QED) is 0.897. The molecule has 2 N–H and O–H groups in total. The Hall–Kier alpha value is -0.740. The second-order valence-electron chi connectivity index (χ2n) is 5.74. The first-order valence-corrected chi connectivity index (χ1v) is 8.16. The van der Waals surface area contributed by atoms with E-state index in [0.717, 1.165) is 13.0 Å². The van der Waals surface area contributed by atoms with Crippen molar-refractivity contribution in [2.24, 2.45) is 0 Å². The number of hydrogen-bond acceptors (Lipinski definition) is 4. The Morgan fingerprint density at radius 2 is 2.11 bits per heavy atom. The van der Waals surface area contributed by atoms with Gasteiger partial charge in [0.1, 0.15) is 5.82 Å². The zero-order chi connectivity index (χ0) is 13.1. The Bertz CT molecular complexity index is 409. The van der Waals surface area contributed by atoms with Crippen LogP contribution in [0.5, 0.6) is 0 Å². The molecule has 19 heavy (non-hydrogen) atoms. The second kappa shape index (κ2) is 5.71. The van der Waals surface area contributed by atoms with E-state index in [4.69, 9.17) is 10.5 Å². The maximum atomic E-state index is 6.14. The summed E-state index contributed by atoms with van der Waals surface area (Å²) in [4.78, 5) is 5.40. The number of thioether (sulfide) groups is 1. The summed E-state index contributed by atoms with van der Waals surface area (Å²) >= 11 is 1.94. The molecular formula is C15H22N2OS. The largest absolute Gasteiger partial charge is 0.384 e. The van der Waals surface area contributed by atoms with Crippen molar-refractivity contribution in [1.29, 1.82) is 0 Å². The van der Waals surface area contributed by atoms with Crippen LogP contribution in [0, 0.1) is 0 Å². The van der Waals surface area contributed by atoms with Gasteiger partial charge in [0, 0.05) is 22.9 Å². The molecule has 1 spiro atoms. The normalized spacial score (nSPS) is 26.4. The van der Waals surface area contributed by atoms with Gasteiger partial charge in [0.2, 0.25) is 0 Å². The molecule has 1 aliphatic carbocycles. The number of aromatic nitrogens is 1. The van der Waals surface area contributed by atoms with Crippen LogP contribution in [0.2, 0.25) is 0 Å². The van der Waals surface area contributed by atoms with Gasteiger partial charge in [-0.15, -0.1) is 11.8 Å². The predicted octanol–water partition coefficient (Wildman–Crippen LogP) is 3.64. The smallest absolute Gasteiger partial charge is 0.123 e. The van der Waals surface area contributed by atoms with E-state index >= 15 is 0 Å². The number of ether oxygens (including phenoxy) is 1. The van der Waals surface area contributed by atoms with E-state index < -0.39 is 0 Å². The minimum Gasteiger partial charge on any atom is -0.384 e. The van der Waals surface area contributed by atoms with Gasteiger partial charge in [0.25, 0.3) is 0 Å². The minimum atomic E-state index is 0.190. The molecule has 3 nitrogen and oxygen atoms in total. The number of rotatable bonds is 2. The molecule has 1 aromatic rings. The van der Waals surface area contributed by atoms with Gasteiger partial charge >= 0.3 is 0 Å². The number of anilines is 1. The third kappa shape index (κ3) is 3.23. The monoisotopic (exact) mass is 278 g/mol. The first-order valence-electron chi connectivity index (χ1n) is 7.28. The van der Waals surface area contributed by atoms with Crippen LogP contribution in [-0.2, 0) is 4.74 Å². The molecule has 0 radical (unpaired) electrons. The summed E-state index contributed by atoms with van der Waals surface area (Å²) < 4.78 is 6.14. The SMILES string of the molecule is Nc1ccc(SC2CCOC3(CCCCC3)C2)cn1. The predicted molar refractivity (Wildman–Crippen MR) is 79.3 cm³/mol. The summed E-state index contributed by atoms with van der Waals surface area (Å²) in [5.41, 5.74) is 5.82. The van der Waals surface area contributed by atoms with Crippen molar-refractivity contribution in [2.75, 3.05) is 12.3 Å². The molecule has 104 valence electrons. The van der Waals surface area contributed by atoms with Crippen molar-refractivity contribution in [2.45, 2.75) is 60.7 Å². The molecule has 1 unspecified atom stereocenters. The van der Waals surface area contributed by atoms with Crippen molar-refractivity contribution < 1.29 is 4.74 Å². The molecule has 2 heterocycles. The fourth-order valence-electron chi connectivity index (χ4n) is 3.28. The minimum absolute atomic E-state index is 0.190. The summed E-state index contributed by atoms with van der Waals surface area (Å²) in [5.74, 6) is 0.597. The van der Waals surface area contributed by atoms with Crippen LogP contribution >= 0.6 is 11.8 Å². The average molecular weight is 278 g/mol. The second-order valence-corrected chi connectivity index (χ2v) is 7.12.